The molecule has 4 heteroatoms. The molecular formula is C13H11NO3. The number of hydrogen-bond donors (Lipinski definition) is 2. The first-order valence-electron chi connectivity index (χ1n) is 5.14. The molecule has 1 unspecified atom stereocenters. The van der Waals surface area contributed by atoms with Crippen LogP contribution in [-0.2, 0) is 9.59 Å². The molecule has 0 saturated carbocycles. The van der Waals surface area contributed by atoms with Crippen LogP contribution in [0.3, 0.4) is 0 Å². The summed E-state index contributed by atoms with van der Waals surface area (Å²) in [6, 6.07) is 11.8. The molecule has 0 aliphatic heterocycles. The smallest absolute Gasteiger partial charge is 0.330 e. The Kier molecular flexibility index (Phi) is 3.05. The minimum absolute atomic E-state index is 0.403. The second-order valence-electron chi connectivity index (χ2n) is 3.62. The number of nitrogens with one attached hydrogen (secondary N) is 1. The highest BCUT2D eigenvalue weighted by Crippen LogP contribution is 2.24. The third kappa shape index (κ3) is 2.10. The molecule has 0 spiro atoms. The fourth-order valence-corrected chi connectivity index (χ4v) is 1.86. The highest BCUT2D eigenvalue weighted by atomic mass is 16.4. The fourth-order valence-electron chi connectivity index (χ4n) is 1.86. The number of hydrogen-bond acceptors (Lipinski definition) is 2. The predicted octanol–water partition coefficient (Wildman–Crippen LogP) is 1.71. The third-order valence-electron chi connectivity index (χ3n) is 2.62. The van der Waals surface area contributed by atoms with Crippen molar-refractivity contribution in [2.24, 2.45) is 0 Å². The van der Waals surface area contributed by atoms with Crippen molar-refractivity contribution in [3.63, 3.8) is 0 Å². The van der Waals surface area contributed by atoms with Gasteiger partial charge in [0, 0.05) is 0 Å². The monoisotopic (exact) mass is 229 g/mol. The summed E-state index contributed by atoms with van der Waals surface area (Å²) in [5, 5.41) is 13.2. The summed E-state index contributed by atoms with van der Waals surface area (Å²) in [6.07, 6.45) is 0.403. The Bertz CT molecular complexity index is 560. The molecule has 0 radical (unpaired) electrons. The molecule has 4 nitrogen and oxygen atoms in total. The van der Waals surface area contributed by atoms with E-state index in [1.807, 2.05) is 30.3 Å². The van der Waals surface area contributed by atoms with Crippen LogP contribution in [-0.4, -0.2) is 17.5 Å². The van der Waals surface area contributed by atoms with Gasteiger partial charge in [-0.25, -0.2) is 4.79 Å². The van der Waals surface area contributed by atoms with Crippen LogP contribution in [0.5, 0.6) is 0 Å². The van der Waals surface area contributed by atoms with Gasteiger partial charge in [-0.05, 0) is 16.3 Å². The number of aliphatic carboxylic acids is 1. The summed E-state index contributed by atoms with van der Waals surface area (Å²) >= 11 is 0. The first kappa shape index (κ1) is 11.1. The Morgan fingerprint density at radius 2 is 1.88 bits per heavy atom. The third-order valence-corrected chi connectivity index (χ3v) is 2.62. The largest absolute Gasteiger partial charge is 0.479 e. The SMILES string of the molecule is O=CNC(C(=O)O)c1cccc2ccccc12. The zero-order valence-corrected chi connectivity index (χ0v) is 8.96. The van der Waals surface area contributed by atoms with Crippen LogP contribution in [0.1, 0.15) is 11.6 Å². The minimum atomic E-state index is -1.08. The second-order valence-corrected chi connectivity index (χ2v) is 3.62. The van der Waals surface area contributed by atoms with Crippen molar-refractivity contribution in [2.45, 2.75) is 6.04 Å². The van der Waals surface area contributed by atoms with Gasteiger partial charge in [0.25, 0.3) is 0 Å². The molecule has 0 heterocycles. The summed E-state index contributed by atoms with van der Waals surface area (Å²) in [4.78, 5) is 21.6. The van der Waals surface area contributed by atoms with Crippen LogP contribution >= 0.6 is 0 Å². The summed E-state index contributed by atoms with van der Waals surface area (Å²) in [6.45, 7) is 0. The van der Waals surface area contributed by atoms with E-state index in [0.717, 1.165) is 10.8 Å². The molecule has 0 saturated heterocycles. The van der Waals surface area contributed by atoms with Gasteiger partial charge in [-0.2, -0.15) is 0 Å². The van der Waals surface area contributed by atoms with E-state index in [-0.39, 0.29) is 0 Å². The first-order valence-corrected chi connectivity index (χ1v) is 5.14. The van der Waals surface area contributed by atoms with Crippen molar-refractivity contribution in [3.8, 4) is 0 Å². The summed E-state index contributed by atoms with van der Waals surface area (Å²) < 4.78 is 0. The van der Waals surface area contributed by atoms with Gasteiger partial charge in [0.1, 0.15) is 0 Å². The number of carbonyl (C=O) groups excluding carboxylic acids is 1. The molecule has 0 aliphatic rings. The summed E-state index contributed by atoms with van der Waals surface area (Å²) in [5.74, 6) is -1.08. The average Bonchev–Trinajstić information content (AvgIpc) is 2.35. The molecule has 86 valence electrons. The maximum atomic E-state index is 11.1. The Morgan fingerprint density at radius 3 is 2.59 bits per heavy atom. The highest BCUT2D eigenvalue weighted by molar-refractivity contribution is 5.91. The zero-order chi connectivity index (χ0) is 12.3. The van der Waals surface area contributed by atoms with Crippen LogP contribution in [0.25, 0.3) is 10.8 Å². The van der Waals surface area contributed by atoms with E-state index in [1.54, 1.807) is 12.1 Å². The zero-order valence-electron chi connectivity index (χ0n) is 8.96. The normalized spacial score (nSPS) is 12.0. The first-order chi connectivity index (χ1) is 8.24. The second kappa shape index (κ2) is 4.65. The molecule has 0 aliphatic carbocycles. The van der Waals surface area contributed by atoms with Crippen molar-refractivity contribution >= 4 is 23.2 Å². The topological polar surface area (TPSA) is 66.4 Å². The van der Waals surface area contributed by atoms with Crippen molar-refractivity contribution < 1.29 is 14.7 Å². The Balaban J connectivity index is 2.60. The molecule has 0 fully saturated rings. The van der Waals surface area contributed by atoms with Gasteiger partial charge in [-0.1, -0.05) is 42.5 Å². The van der Waals surface area contributed by atoms with Gasteiger partial charge in [-0.15, -0.1) is 0 Å². The number of carboxylic acids is 1. The lowest BCUT2D eigenvalue weighted by molar-refractivity contribution is -0.140. The average molecular weight is 229 g/mol. The van der Waals surface area contributed by atoms with Gasteiger partial charge >= 0.3 is 5.97 Å². The van der Waals surface area contributed by atoms with Gasteiger partial charge < -0.3 is 10.4 Å². The number of benzene rings is 2. The molecule has 2 N–H and O–H groups in total. The van der Waals surface area contributed by atoms with Crippen molar-refractivity contribution in [1.82, 2.24) is 5.32 Å². The molecule has 0 aromatic heterocycles. The van der Waals surface area contributed by atoms with E-state index in [0.29, 0.717) is 12.0 Å². The lowest BCUT2D eigenvalue weighted by Gasteiger charge is -2.14. The Hall–Kier alpha value is -2.36. The van der Waals surface area contributed by atoms with Crippen molar-refractivity contribution in [3.05, 3.63) is 48.0 Å². The molecule has 2 aromatic rings. The maximum Gasteiger partial charge on any atom is 0.330 e. The predicted molar refractivity (Wildman–Crippen MR) is 63.5 cm³/mol. The van der Waals surface area contributed by atoms with Crippen LogP contribution < -0.4 is 5.32 Å². The lowest BCUT2D eigenvalue weighted by atomic mass is 9.99. The van der Waals surface area contributed by atoms with Gasteiger partial charge in [-0.3, -0.25) is 4.79 Å². The van der Waals surface area contributed by atoms with Crippen LogP contribution in [0.15, 0.2) is 42.5 Å². The summed E-state index contributed by atoms with van der Waals surface area (Å²) in [5.41, 5.74) is 0.586. The van der Waals surface area contributed by atoms with Gasteiger partial charge in [0.15, 0.2) is 6.04 Å². The number of carboxylic acid groups (broad SMARTS) is 1. The molecule has 2 rings (SSSR count). The molecule has 2 aromatic carbocycles. The van der Waals surface area contributed by atoms with Crippen molar-refractivity contribution in [2.75, 3.05) is 0 Å². The molecule has 17 heavy (non-hydrogen) atoms. The quantitative estimate of drug-likeness (QED) is 0.784. The number of rotatable bonds is 4. The van der Waals surface area contributed by atoms with Gasteiger partial charge in [0.05, 0.1) is 0 Å². The van der Waals surface area contributed by atoms with Crippen LogP contribution in [0.2, 0.25) is 0 Å². The standard InChI is InChI=1S/C13H11NO3/c15-8-14-12(13(16)17)11-7-3-5-9-4-1-2-6-10(9)11/h1-8,12H,(H,14,15)(H,16,17). The van der Waals surface area contributed by atoms with Crippen molar-refractivity contribution in [1.29, 1.82) is 0 Å². The Labute approximate surface area is 97.9 Å². The highest BCUT2D eigenvalue weighted by Gasteiger charge is 2.20. The molecule has 1 amide bonds. The molecule has 0 bridgehead atoms. The van der Waals surface area contributed by atoms with Gasteiger partial charge in [0.2, 0.25) is 6.41 Å². The van der Waals surface area contributed by atoms with Crippen LogP contribution in [0.4, 0.5) is 0 Å². The summed E-state index contributed by atoms with van der Waals surface area (Å²) in [7, 11) is 0. The van der Waals surface area contributed by atoms with E-state index in [1.165, 1.54) is 0 Å². The lowest BCUT2D eigenvalue weighted by Crippen LogP contribution is -2.27. The van der Waals surface area contributed by atoms with E-state index in [9.17, 15) is 9.59 Å². The van der Waals surface area contributed by atoms with E-state index in [2.05, 4.69) is 5.32 Å². The van der Waals surface area contributed by atoms with E-state index in [4.69, 9.17) is 5.11 Å². The molecule has 1 atom stereocenters. The minimum Gasteiger partial charge on any atom is -0.479 e. The number of carbonyl (C=O) groups is 2. The van der Waals surface area contributed by atoms with E-state index >= 15 is 0 Å². The fraction of sp³-hybridized carbons (Fsp3) is 0.0769. The van der Waals surface area contributed by atoms with Crippen LogP contribution in [0, 0.1) is 0 Å². The number of amides is 1. The number of fused-ring (bicyclic) bond motifs is 1. The maximum absolute atomic E-state index is 11.1. The molecular weight excluding hydrogens is 218 g/mol. The van der Waals surface area contributed by atoms with E-state index < -0.39 is 12.0 Å². The Morgan fingerprint density at radius 1 is 1.18 bits per heavy atom.